The Morgan fingerprint density at radius 3 is 1.54 bits per heavy atom. The number of aliphatic hydroxyl groups excluding tert-OH is 2. The summed E-state index contributed by atoms with van der Waals surface area (Å²) < 4.78 is 36.6. The second kappa shape index (κ2) is 3.84. The number of hydrogen-bond acceptors (Lipinski definition) is 2. The van der Waals surface area contributed by atoms with Gasteiger partial charge in [0, 0.05) is 0 Å². The molecular formula is C8H13F3O2. The molecule has 78 valence electrons. The minimum absolute atomic E-state index is 0.0331. The summed E-state index contributed by atoms with van der Waals surface area (Å²) in [5.41, 5.74) is 0. The van der Waals surface area contributed by atoms with Gasteiger partial charge >= 0.3 is 6.18 Å². The number of alkyl halides is 3. The van der Waals surface area contributed by atoms with Crippen molar-refractivity contribution in [3.8, 4) is 0 Å². The van der Waals surface area contributed by atoms with Gasteiger partial charge in [0.15, 0.2) is 0 Å². The lowest BCUT2D eigenvalue weighted by Crippen LogP contribution is -2.23. The van der Waals surface area contributed by atoms with Crippen molar-refractivity contribution < 1.29 is 23.4 Å². The van der Waals surface area contributed by atoms with E-state index in [1.54, 1.807) is 0 Å². The lowest BCUT2D eigenvalue weighted by molar-refractivity contribution is -0.177. The normalized spacial score (nSPS) is 37.2. The van der Waals surface area contributed by atoms with Gasteiger partial charge in [-0.1, -0.05) is 0 Å². The molecule has 2 atom stereocenters. The Kier molecular flexibility index (Phi) is 3.18. The molecule has 0 bridgehead atoms. The second-order valence-corrected chi connectivity index (χ2v) is 3.53. The molecule has 5 heteroatoms. The van der Waals surface area contributed by atoms with Gasteiger partial charge < -0.3 is 10.2 Å². The summed E-state index contributed by atoms with van der Waals surface area (Å²) in [6.45, 7) is 0. The number of hydrogen-bond donors (Lipinski definition) is 2. The number of halogens is 3. The molecule has 0 radical (unpaired) electrons. The van der Waals surface area contributed by atoms with E-state index in [4.69, 9.17) is 10.2 Å². The molecule has 0 aromatic rings. The van der Waals surface area contributed by atoms with Crippen LogP contribution in [0.1, 0.15) is 25.7 Å². The van der Waals surface area contributed by atoms with Gasteiger partial charge in [-0.2, -0.15) is 13.2 Å². The summed E-state index contributed by atoms with van der Waals surface area (Å²) >= 11 is 0. The molecule has 13 heavy (non-hydrogen) atoms. The summed E-state index contributed by atoms with van der Waals surface area (Å²) in [5.74, 6) is -1.36. The molecule has 2 nitrogen and oxygen atoms in total. The molecule has 0 aromatic heterocycles. The molecule has 0 spiro atoms. The lowest BCUT2D eigenvalue weighted by atomic mass is 10.00. The van der Waals surface area contributed by atoms with Gasteiger partial charge in [-0.15, -0.1) is 0 Å². The number of rotatable bonds is 0. The van der Waals surface area contributed by atoms with Crippen LogP contribution >= 0.6 is 0 Å². The van der Waals surface area contributed by atoms with Crippen LogP contribution < -0.4 is 0 Å². The first-order valence-corrected chi connectivity index (χ1v) is 4.34. The van der Waals surface area contributed by atoms with Crippen LogP contribution in [0.15, 0.2) is 0 Å². The van der Waals surface area contributed by atoms with Crippen LogP contribution in [0.2, 0.25) is 0 Å². The maximum absolute atomic E-state index is 12.2. The fourth-order valence-corrected chi connectivity index (χ4v) is 1.60. The Bertz CT molecular complexity index is 157. The SMILES string of the molecule is OC1CCC(C(F)(F)F)CCC1O. The van der Waals surface area contributed by atoms with Crippen molar-refractivity contribution in [2.45, 2.75) is 44.1 Å². The Morgan fingerprint density at radius 1 is 0.846 bits per heavy atom. The van der Waals surface area contributed by atoms with E-state index in [-0.39, 0.29) is 25.7 Å². The van der Waals surface area contributed by atoms with Crippen molar-refractivity contribution in [2.75, 3.05) is 0 Å². The highest BCUT2D eigenvalue weighted by atomic mass is 19.4. The highest BCUT2D eigenvalue weighted by molar-refractivity contribution is 4.79. The quantitative estimate of drug-likeness (QED) is 0.578. The van der Waals surface area contributed by atoms with Gasteiger partial charge in [0.2, 0.25) is 0 Å². The van der Waals surface area contributed by atoms with Crippen LogP contribution in [0.25, 0.3) is 0 Å². The van der Waals surface area contributed by atoms with Gasteiger partial charge in [0.05, 0.1) is 18.1 Å². The molecule has 0 amide bonds. The summed E-state index contributed by atoms with van der Waals surface area (Å²) in [6.07, 6.45) is -6.27. The zero-order valence-corrected chi connectivity index (χ0v) is 7.09. The molecule has 1 fully saturated rings. The van der Waals surface area contributed by atoms with Crippen molar-refractivity contribution in [2.24, 2.45) is 5.92 Å². The summed E-state index contributed by atoms with van der Waals surface area (Å²) in [7, 11) is 0. The van der Waals surface area contributed by atoms with Crippen LogP contribution in [-0.4, -0.2) is 28.6 Å². The third-order valence-electron chi connectivity index (χ3n) is 2.53. The summed E-state index contributed by atoms with van der Waals surface area (Å²) in [5, 5.41) is 18.2. The Balaban J connectivity index is 2.54. The van der Waals surface area contributed by atoms with Crippen molar-refractivity contribution >= 4 is 0 Å². The van der Waals surface area contributed by atoms with E-state index in [9.17, 15) is 13.2 Å². The average Bonchev–Trinajstić information content (AvgIpc) is 2.14. The van der Waals surface area contributed by atoms with E-state index in [1.165, 1.54) is 0 Å². The molecule has 2 unspecified atom stereocenters. The van der Waals surface area contributed by atoms with Crippen molar-refractivity contribution in [3.63, 3.8) is 0 Å². The first kappa shape index (κ1) is 10.8. The lowest BCUT2D eigenvalue weighted by Gasteiger charge is -2.17. The Labute approximate surface area is 74.4 Å². The van der Waals surface area contributed by atoms with Crippen LogP contribution in [0.3, 0.4) is 0 Å². The van der Waals surface area contributed by atoms with Crippen molar-refractivity contribution in [1.29, 1.82) is 0 Å². The van der Waals surface area contributed by atoms with E-state index in [0.717, 1.165) is 0 Å². The minimum atomic E-state index is -4.19. The third-order valence-corrected chi connectivity index (χ3v) is 2.53. The zero-order chi connectivity index (χ0) is 10.1. The fourth-order valence-electron chi connectivity index (χ4n) is 1.60. The smallest absolute Gasteiger partial charge is 0.390 e. The van der Waals surface area contributed by atoms with Gasteiger partial charge in [-0.25, -0.2) is 0 Å². The van der Waals surface area contributed by atoms with Gasteiger partial charge in [0.25, 0.3) is 0 Å². The number of aliphatic hydroxyl groups is 2. The highest BCUT2D eigenvalue weighted by Crippen LogP contribution is 2.36. The summed E-state index contributed by atoms with van der Waals surface area (Å²) in [6, 6.07) is 0. The predicted molar refractivity (Wildman–Crippen MR) is 40.0 cm³/mol. The first-order chi connectivity index (χ1) is 5.91. The molecular weight excluding hydrogens is 185 g/mol. The van der Waals surface area contributed by atoms with Crippen LogP contribution in [0.5, 0.6) is 0 Å². The topological polar surface area (TPSA) is 40.5 Å². The van der Waals surface area contributed by atoms with E-state index >= 15 is 0 Å². The molecule has 1 aliphatic carbocycles. The van der Waals surface area contributed by atoms with E-state index in [0.29, 0.717) is 0 Å². The molecule has 1 saturated carbocycles. The van der Waals surface area contributed by atoms with Crippen LogP contribution in [0, 0.1) is 5.92 Å². The fraction of sp³-hybridized carbons (Fsp3) is 1.00. The largest absolute Gasteiger partial charge is 0.391 e. The molecule has 0 aliphatic heterocycles. The summed E-state index contributed by atoms with van der Waals surface area (Å²) in [4.78, 5) is 0. The monoisotopic (exact) mass is 198 g/mol. The standard InChI is InChI=1S/C8H13F3O2/c9-8(10,11)5-1-3-6(12)7(13)4-2-5/h5-7,12-13H,1-4H2. The molecule has 0 heterocycles. The van der Waals surface area contributed by atoms with Gasteiger partial charge in [-0.05, 0) is 25.7 Å². The zero-order valence-electron chi connectivity index (χ0n) is 7.09. The van der Waals surface area contributed by atoms with Crippen LogP contribution in [0.4, 0.5) is 13.2 Å². The van der Waals surface area contributed by atoms with Gasteiger partial charge in [0.1, 0.15) is 0 Å². The average molecular weight is 198 g/mol. The minimum Gasteiger partial charge on any atom is -0.390 e. The van der Waals surface area contributed by atoms with E-state index in [2.05, 4.69) is 0 Å². The van der Waals surface area contributed by atoms with Crippen LogP contribution in [-0.2, 0) is 0 Å². The molecule has 0 saturated heterocycles. The van der Waals surface area contributed by atoms with Crippen molar-refractivity contribution in [1.82, 2.24) is 0 Å². The maximum atomic E-state index is 12.2. The van der Waals surface area contributed by atoms with Crippen molar-refractivity contribution in [3.05, 3.63) is 0 Å². The van der Waals surface area contributed by atoms with E-state index < -0.39 is 24.3 Å². The third kappa shape index (κ3) is 2.84. The van der Waals surface area contributed by atoms with Gasteiger partial charge in [-0.3, -0.25) is 0 Å². The Hall–Kier alpha value is -0.290. The molecule has 1 rings (SSSR count). The molecule has 1 aliphatic rings. The Morgan fingerprint density at radius 2 is 1.23 bits per heavy atom. The highest BCUT2D eigenvalue weighted by Gasteiger charge is 2.41. The second-order valence-electron chi connectivity index (χ2n) is 3.53. The maximum Gasteiger partial charge on any atom is 0.391 e. The predicted octanol–water partition coefficient (Wildman–Crippen LogP) is 1.46. The molecule has 0 aromatic carbocycles. The van der Waals surface area contributed by atoms with E-state index in [1.807, 2.05) is 0 Å². The first-order valence-electron chi connectivity index (χ1n) is 4.34. The molecule has 2 N–H and O–H groups in total.